The highest BCUT2D eigenvalue weighted by Gasteiger charge is 2.12. The zero-order valence-electron chi connectivity index (χ0n) is 11.9. The third-order valence-corrected chi connectivity index (χ3v) is 2.85. The van der Waals surface area contributed by atoms with Crippen LogP contribution in [0.15, 0.2) is 18.2 Å². The lowest BCUT2D eigenvalue weighted by Gasteiger charge is -2.23. The molecule has 0 bridgehead atoms. The smallest absolute Gasteiger partial charge is 0.162 e. The Hall–Kier alpha value is -1.22. The zero-order chi connectivity index (χ0) is 13.5. The summed E-state index contributed by atoms with van der Waals surface area (Å²) in [6, 6.07) is 5.70. The number of benzene rings is 1. The molecule has 0 unspecified atom stereocenters. The van der Waals surface area contributed by atoms with Crippen molar-refractivity contribution in [3.63, 3.8) is 0 Å². The van der Waals surface area contributed by atoms with Crippen LogP contribution in [-0.2, 0) is 6.54 Å². The Bertz CT molecular complexity index is 364. The van der Waals surface area contributed by atoms with E-state index in [4.69, 9.17) is 4.74 Å². The fourth-order valence-corrected chi connectivity index (χ4v) is 2.03. The number of hydrogen-bond donors (Lipinski definition) is 1. The molecule has 0 aromatic heterocycles. The monoisotopic (exact) mass is 251 g/mol. The Labute approximate surface area is 110 Å². The molecule has 0 spiro atoms. The van der Waals surface area contributed by atoms with Gasteiger partial charge in [0.2, 0.25) is 0 Å². The van der Waals surface area contributed by atoms with E-state index in [9.17, 15) is 5.11 Å². The van der Waals surface area contributed by atoms with Gasteiger partial charge in [-0.05, 0) is 25.5 Å². The molecule has 1 N–H and O–H groups in total. The van der Waals surface area contributed by atoms with Crippen LogP contribution in [0.4, 0.5) is 0 Å². The van der Waals surface area contributed by atoms with E-state index in [2.05, 4.69) is 25.7 Å². The van der Waals surface area contributed by atoms with Gasteiger partial charge in [-0.2, -0.15) is 0 Å². The van der Waals surface area contributed by atoms with Crippen LogP contribution in [0.25, 0.3) is 0 Å². The predicted octanol–water partition coefficient (Wildman–Crippen LogP) is 3.27. The molecule has 0 radical (unpaired) electrons. The Kier molecular flexibility index (Phi) is 5.99. The van der Waals surface area contributed by atoms with Gasteiger partial charge in [0.1, 0.15) is 0 Å². The first kappa shape index (κ1) is 14.8. The average Bonchev–Trinajstić information content (AvgIpc) is 2.33. The average molecular weight is 251 g/mol. The number of ether oxygens (including phenoxy) is 1. The maximum absolute atomic E-state index is 10.1. The molecule has 0 saturated heterocycles. The van der Waals surface area contributed by atoms with Gasteiger partial charge in [-0.3, -0.25) is 4.90 Å². The van der Waals surface area contributed by atoms with Crippen LogP contribution >= 0.6 is 0 Å². The molecule has 3 heteroatoms. The Morgan fingerprint density at radius 2 is 2.00 bits per heavy atom. The van der Waals surface area contributed by atoms with E-state index in [-0.39, 0.29) is 5.75 Å². The van der Waals surface area contributed by atoms with Crippen molar-refractivity contribution in [2.75, 3.05) is 19.7 Å². The number of rotatable bonds is 7. The first-order chi connectivity index (χ1) is 8.58. The molecular formula is C15H25NO2. The summed E-state index contributed by atoms with van der Waals surface area (Å²) >= 11 is 0. The van der Waals surface area contributed by atoms with E-state index in [0.717, 1.165) is 25.2 Å². The number of hydrogen-bond acceptors (Lipinski definition) is 3. The van der Waals surface area contributed by atoms with Crippen molar-refractivity contribution in [3.05, 3.63) is 23.8 Å². The van der Waals surface area contributed by atoms with Gasteiger partial charge >= 0.3 is 0 Å². The lowest BCUT2D eigenvalue weighted by Crippen LogP contribution is -2.27. The summed E-state index contributed by atoms with van der Waals surface area (Å²) in [6.45, 7) is 11.8. The van der Waals surface area contributed by atoms with Crippen molar-refractivity contribution in [2.45, 2.75) is 34.2 Å². The van der Waals surface area contributed by atoms with E-state index in [0.29, 0.717) is 18.3 Å². The topological polar surface area (TPSA) is 32.7 Å². The van der Waals surface area contributed by atoms with Crippen LogP contribution in [0.1, 0.15) is 33.3 Å². The van der Waals surface area contributed by atoms with Crippen LogP contribution in [0, 0.1) is 5.92 Å². The van der Waals surface area contributed by atoms with E-state index in [1.165, 1.54) is 0 Å². The summed E-state index contributed by atoms with van der Waals surface area (Å²) in [4.78, 5) is 2.33. The quantitative estimate of drug-likeness (QED) is 0.807. The second kappa shape index (κ2) is 7.27. The highest BCUT2D eigenvalue weighted by atomic mass is 16.5. The van der Waals surface area contributed by atoms with Gasteiger partial charge in [-0.15, -0.1) is 0 Å². The maximum Gasteiger partial charge on any atom is 0.162 e. The fourth-order valence-electron chi connectivity index (χ4n) is 2.03. The summed E-state index contributed by atoms with van der Waals surface area (Å²) in [5.74, 6) is 1.49. The number of nitrogens with zero attached hydrogens (tertiary/aromatic N) is 1. The maximum atomic E-state index is 10.1. The first-order valence-electron chi connectivity index (χ1n) is 6.74. The van der Waals surface area contributed by atoms with Crippen molar-refractivity contribution >= 4 is 0 Å². The van der Waals surface area contributed by atoms with Gasteiger partial charge in [0.15, 0.2) is 11.5 Å². The molecule has 0 fully saturated rings. The minimum absolute atomic E-state index is 0.279. The Balaban J connectivity index is 2.79. The summed E-state index contributed by atoms with van der Waals surface area (Å²) in [5, 5.41) is 10.1. The predicted molar refractivity (Wildman–Crippen MR) is 75.1 cm³/mol. The number of para-hydroxylation sites is 1. The summed E-state index contributed by atoms with van der Waals surface area (Å²) < 4.78 is 5.41. The fraction of sp³-hybridized carbons (Fsp3) is 0.600. The molecule has 1 aromatic carbocycles. The molecule has 18 heavy (non-hydrogen) atoms. The van der Waals surface area contributed by atoms with Gasteiger partial charge in [0, 0.05) is 18.7 Å². The lowest BCUT2D eigenvalue weighted by atomic mass is 10.1. The minimum Gasteiger partial charge on any atom is -0.504 e. The molecule has 1 aromatic rings. The molecule has 0 aliphatic carbocycles. The SMILES string of the molecule is CCOc1cccc(CN(CC)CC(C)C)c1O. The van der Waals surface area contributed by atoms with Gasteiger partial charge < -0.3 is 9.84 Å². The highest BCUT2D eigenvalue weighted by Crippen LogP contribution is 2.30. The lowest BCUT2D eigenvalue weighted by molar-refractivity contribution is 0.243. The van der Waals surface area contributed by atoms with Crippen LogP contribution in [0.3, 0.4) is 0 Å². The Morgan fingerprint density at radius 3 is 2.56 bits per heavy atom. The number of phenolic OH excluding ortho intramolecular Hbond substituents is 1. The van der Waals surface area contributed by atoms with Gasteiger partial charge in [-0.25, -0.2) is 0 Å². The molecule has 0 amide bonds. The third-order valence-electron chi connectivity index (χ3n) is 2.85. The first-order valence-corrected chi connectivity index (χ1v) is 6.74. The molecule has 0 heterocycles. The van der Waals surface area contributed by atoms with Crippen LogP contribution in [-0.4, -0.2) is 29.7 Å². The normalized spacial score (nSPS) is 11.2. The summed E-state index contributed by atoms with van der Waals surface area (Å²) in [6.07, 6.45) is 0. The molecule has 1 rings (SSSR count). The molecule has 102 valence electrons. The van der Waals surface area contributed by atoms with Crippen molar-refractivity contribution in [2.24, 2.45) is 5.92 Å². The van der Waals surface area contributed by atoms with Gasteiger partial charge in [-0.1, -0.05) is 32.9 Å². The minimum atomic E-state index is 0.279. The molecule has 0 aliphatic heterocycles. The van der Waals surface area contributed by atoms with E-state index < -0.39 is 0 Å². The molecular weight excluding hydrogens is 226 g/mol. The molecule has 3 nitrogen and oxygen atoms in total. The van der Waals surface area contributed by atoms with Crippen molar-refractivity contribution in [3.8, 4) is 11.5 Å². The van der Waals surface area contributed by atoms with E-state index in [1.54, 1.807) is 6.07 Å². The van der Waals surface area contributed by atoms with Crippen molar-refractivity contribution in [1.29, 1.82) is 0 Å². The molecule has 0 aliphatic rings. The second-order valence-corrected chi connectivity index (χ2v) is 4.92. The standard InChI is InChI=1S/C15H25NO2/c1-5-16(10-12(3)4)11-13-8-7-9-14(15(13)17)18-6-2/h7-9,12,17H,5-6,10-11H2,1-4H3. The van der Waals surface area contributed by atoms with Crippen molar-refractivity contribution < 1.29 is 9.84 Å². The largest absolute Gasteiger partial charge is 0.504 e. The highest BCUT2D eigenvalue weighted by molar-refractivity contribution is 5.45. The molecule has 0 saturated carbocycles. The van der Waals surface area contributed by atoms with Crippen molar-refractivity contribution in [1.82, 2.24) is 4.90 Å². The van der Waals surface area contributed by atoms with E-state index in [1.807, 2.05) is 19.1 Å². The second-order valence-electron chi connectivity index (χ2n) is 4.92. The van der Waals surface area contributed by atoms with Gasteiger partial charge in [0.25, 0.3) is 0 Å². The molecule has 0 atom stereocenters. The summed E-state index contributed by atoms with van der Waals surface area (Å²) in [5.41, 5.74) is 0.934. The van der Waals surface area contributed by atoms with Crippen LogP contribution in [0.2, 0.25) is 0 Å². The van der Waals surface area contributed by atoms with E-state index >= 15 is 0 Å². The Morgan fingerprint density at radius 1 is 1.28 bits per heavy atom. The van der Waals surface area contributed by atoms with Gasteiger partial charge in [0.05, 0.1) is 6.61 Å². The summed E-state index contributed by atoms with van der Waals surface area (Å²) in [7, 11) is 0. The third kappa shape index (κ3) is 4.22. The zero-order valence-corrected chi connectivity index (χ0v) is 11.9. The number of aromatic hydroxyl groups is 1. The number of phenols is 1. The van der Waals surface area contributed by atoms with Crippen LogP contribution in [0.5, 0.6) is 11.5 Å². The van der Waals surface area contributed by atoms with Crippen LogP contribution < -0.4 is 4.74 Å².